The lowest BCUT2D eigenvalue weighted by atomic mass is 10.1. The van der Waals surface area contributed by atoms with E-state index in [0.717, 1.165) is 17.9 Å². The highest BCUT2D eigenvalue weighted by Crippen LogP contribution is 2.20. The predicted octanol–water partition coefficient (Wildman–Crippen LogP) is 2.29. The minimum Gasteiger partial charge on any atom is -0.494 e. The highest BCUT2D eigenvalue weighted by molar-refractivity contribution is 5.78. The highest BCUT2D eigenvalue weighted by atomic mass is 16.5. The lowest BCUT2D eigenvalue weighted by molar-refractivity contribution is -0.134. The quantitative estimate of drug-likeness (QED) is 0.793. The molecule has 1 rings (SSSR count). The SMILES string of the molecule is CCNCC(C)C(=O)N(C)Cc1ccccc1OCC. The number of benzene rings is 1. The Labute approximate surface area is 122 Å². The first kappa shape index (κ1) is 16.5. The molecule has 1 aromatic rings. The number of amides is 1. The number of rotatable bonds is 8. The van der Waals surface area contributed by atoms with Gasteiger partial charge >= 0.3 is 0 Å². The molecule has 1 aromatic carbocycles. The molecule has 0 radical (unpaired) electrons. The molecule has 4 nitrogen and oxygen atoms in total. The summed E-state index contributed by atoms with van der Waals surface area (Å²) in [6, 6.07) is 7.87. The summed E-state index contributed by atoms with van der Waals surface area (Å²) in [5.74, 6) is 0.991. The van der Waals surface area contributed by atoms with Crippen LogP contribution in [0.15, 0.2) is 24.3 Å². The van der Waals surface area contributed by atoms with Crippen LogP contribution in [-0.4, -0.2) is 37.6 Å². The summed E-state index contributed by atoms with van der Waals surface area (Å²) >= 11 is 0. The third-order valence-corrected chi connectivity index (χ3v) is 3.18. The molecule has 0 saturated carbocycles. The number of carbonyl (C=O) groups is 1. The zero-order valence-corrected chi connectivity index (χ0v) is 13.0. The van der Waals surface area contributed by atoms with Gasteiger partial charge in [-0.25, -0.2) is 0 Å². The van der Waals surface area contributed by atoms with Gasteiger partial charge in [0, 0.05) is 31.6 Å². The maximum atomic E-state index is 12.3. The Bertz CT molecular complexity index is 421. The molecular formula is C16H26N2O2. The molecule has 4 heteroatoms. The van der Waals surface area contributed by atoms with E-state index in [1.54, 1.807) is 4.90 Å². The van der Waals surface area contributed by atoms with Crippen LogP contribution in [0, 0.1) is 5.92 Å². The van der Waals surface area contributed by atoms with E-state index < -0.39 is 0 Å². The van der Waals surface area contributed by atoms with Gasteiger partial charge in [0.15, 0.2) is 0 Å². The summed E-state index contributed by atoms with van der Waals surface area (Å²) in [6.45, 7) is 8.76. The number of hydrogen-bond acceptors (Lipinski definition) is 3. The van der Waals surface area contributed by atoms with Crippen molar-refractivity contribution < 1.29 is 9.53 Å². The minimum absolute atomic E-state index is 0.0146. The number of para-hydroxylation sites is 1. The summed E-state index contributed by atoms with van der Waals surface area (Å²) in [6.07, 6.45) is 0. The van der Waals surface area contributed by atoms with Crippen molar-refractivity contribution >= 4 is 5.91 Å². The maximum absolute atomic E-state index is 12.3. The molecule has 0 heterocycles. The molecule has 1 unspecified atom stereocenters. The molecule has 112 valence electrons. The first-order valence-corrected chi connectivity index (χ1v) is 7.26. The molecule has 0 saturated heterocycles. The van der Waals surface area contributed by atoms with Gasteiger partial charge in [0.2, 0.25) is 5.91 Å². The first-order chi connectivity index (χ1) is 9.60. The molecule has 0 aliphatic rings. The Balaban J connectivity index is 2.65. The van der Waals surface area contributed by atoms with Crippen LogP contribution in [0.4, 0.5) is 0 Å². The smallest absolute Gasteiger partial charge is 0.226 e. The fourth-order valence-corrected chi connectivity index (χ4v) is 2.09. The van der Waals surface area contributed by atoms with E-state index in [2.05, 4.69) is 5.32 Å². The van der Waals surface area contributed by atoms with Crippen LogP contribution in [0.1, 0.15) is 26.3 Å². The van der Waals surface area contributed by atoms with Crippen LogP contribution in [-0.2, 0) is 11.3 Å². The number of ether oxygens (including phenoxy) is 1. The molecule has 0 aliphatic heterocycles. The normalized spacial score (nSPS) is 12.0. The Morgan fingerprint density at radius 3 is 2.70 bits per heavy atom. The van der Waals surface area contributed by atoms with E-state index in [9.17, 15) is 4.79 Å². The molecule has 1 atom stereocenters. The molecule has 1 amide bonds. The monoisotopic (exact) mass is 278 g/mol. The second-order valence-corrected chi connectivity index (χ2v) is 4.94. The number of nitrogens with zero attached hydrogens (tertiary/aromatic N) is 1. The van der Waals surface area contributed by atoms with Crippen LogP contribution in [0.3, 0.4) is 0 Å². The second-order valence-electron chi connectivity index (χ2n) is 4.94. The van der Waals surface area contributed by atoms with Crippen molar-refractivity contribution in [3.63, 3.8) is 0 Å². The third kappa shape index (κ3) is 4.85. The molecular weight excluding hydrogens is 252 g/mol. The van der Waals surface area contributed by atoms with Gasteiger partial charge in [-0.1, -0.05) is 32.0 Å². The zero-order valence-electron chi connectivity index (χ0n) is 13.0. The third-order valence-electron chi connectivity index (χ3n) is 3.18. The van der Waals surface area contributed by atoms with Crippen molar-refractivity contribution in [1.82, 2.24) is 10.2 Å². The number of carbonyl (C=O) groups excluding carboxylic acids is 1. The Hall–Kier alpha value is -1.55. The molecule has 0 fully saturated rings. The lowest BCUT2D eigenvalue weighted by Gasteiger charge is -2.22. The number of nitrogens with one attached hydrogen (secondary N) is 1. The van der Waals surface area contributed by atoms with Crippen LogP contribution >= 0.6 is 0 Å². The summed E-state index contributed by atoms with van der Waals surface area (Å²) in [7, 11) is 1.84. The van der Waals surface area contributed by atoms with E-state index in [4.69, 9.17) is 4.74 Å². The van der Waals surface area contributed by atoms with Crippen molar-refractivity contribution in [3.8, 4) is 5.75 Å². The van der Waals surface area contributed by atoms with Crippen molar-refractivity contribution in [2.24, 2.45) is 5.92 Å². The molecule has 0 bridgehead atoms. The average molecular weight is 278 g/mol. The molecule has 1 N–H and O–H groups in total. The van der Waals surface area contributed by atoms with Gasteiger partial charge in [-0.2, -0.15) is 0 Å². The van der Waals surface area contributed by atoms with E-state index in [-0.39, 0.29) is 11.8 Å². The van der Waals surface area contributed by atoms with Crippen LogP contribution in [0.25, 0.3) is 0 Å². The summed E-state index contributed by atoms with van der Waals surface area (Å²) in [5.41, 5.74) is 1.04. The zero-order chi connectivity index (χ0) is 15.0. The van der Waals surface area contributed by atoms with E-state index in [1.165, 1.54) is 0 Å². The number of hydrogen-bond donors (Lipinski definition) is 1. The molecule has 0 spiro atoms. The van der Waals surface area contributed by atoms with Crippen LogP contribution in [0.5, 0.6) is 5.75 Å². The summed E-state index contributed by atoms with van der Waals surface area (Å²) < 4.78 is 5.59. The minimum atomic E-state index is -0.0146. The summed E-state index contributed by atoms with van der Waals surface area (Å²) in [5, 5.41) is 3.21. The van der Waals surface area contributed by atoms with E-state index in [1.807, 2.05) is 52.1 Å². The fourth-order valence-electron chi connectivity index (χ4n) is 2.09. The van der Waals surface area contributed by atoms with Crippen molar-refractivity contribution in [2.45, 2.75) is 27.3 Å². The Kier molecular flexibility index (Phi) is 7.09. The highest BCUT2D eigenvalue weighted by Gasteiger charge is 2.18. The van der Waals surface area contributed by atoms with Gasteiger partial charge in [0.05, 0.1) is 6.61 Å². The van der Waals surface area contributed by atoms with Gasteiger partial charge in [-0.15, -0.1) is 0 Å². The molecule has 0 aliphatic carbocycles. The van der Waals surface area contributed by atoms with Gasteiger partial charge in [0.1, 0.15) is 5.75 Å². The largest absolute Gasteiger partial charge is 0.494 e. The lowest BCUT2D eigenvalue weighted by Crippen LogP contribution is -2.36. The summed E-state index contributed by atoms with van der Waals surface area (Å²) in [4.78, 5) is 14.0. The molecule has 20 heavy (non-hydrogen) atoms. The van der Waals surface area contributed by atoms with Crippen LogP contribution in [0.2, 0.25) is 0 Å². The van der Waals surface area contributed by atoms with Gasteiger partial charge in [-0.3, -0.25) is 4.79 Å². The maximum Gasteiger partial charge on any atom is 0.226 e. The predicted molar refractivity (Wildman–Crippen MR) is 81.8 cm³/mol. The van der Waals surface area contributed by atoms with Crippen LogP contribution < -0.4 is 10.1 Å². The standard InChI is InChI=1S/C16H26N2O2/c1-5-17-11-13(3)16(19)18(4)12-14-9-7-8-10-15(14)20-6-2/h7-10,13,17H,5-6,11-12H2,1-4H3. The fraction of sp³-hybridized carbons (Fsp3) is 0.562. The van der Waals surface area contributed by atoms with Crippen molar-refractivity contribution in [1.29, 1.82) is 0 Å². The molecule has 0 aromatic heterocycles. The Morgan fingerprint density at radius 1 is 1.35 bits per heavy atom. The topological polar surface area (TPSA) is 41.6 Å². The van der Waals surface area contributed by atoms with Crippen molar-refractivity contribution in [3.05, 3.63) is 29.8 Å². The average Bonchev–Trinajstić information content (AvgIpc) is 2.46. The van der Waals surface area contributed by atoms with Gasteiger partial charge < -0.3 is 15.0 Å². The Morgan fingerprint density at radius 2 is 2.05 bits per heavy atom. The van der Waals surface area contributed by atoms with Gasteiger partial charge in [-0.05, 0) is 19.5 Å². The van der Waals surface area contributed by atoms with Crippen molar-refractivity contribution in [2.75, 3.05) is 26.7 Å². The van der Waals surface area contributed by atoms with E-state index >= 15 is 0 Å². The first-order valence-electron chi connectivity index (χ1n) is 7.26. The second kappa shape index (κ2) is 8.59. The van der Waals surface area contributed by atoms with E-state index in [0.29, 0.717) is 19.7 Å². The van der Waals surface area contributed by atoms with Gasteiger partial charge in [0.25, 0.3) is 0 Å².